The number of thioether (sulfide) groups is 1. The van der Waals surface area contributed by atoms with Gasteiger partial charge in [0.15, 0.2) is 0 Å². The Kier molecular flexibility index (Phi) is 3.96. The van der Waals surface area contributed by atoms with Gasteiger partial charge in [-0.15, -0.1) is 10.2 Å². The molecule has 90 valence electrons. The average molecular weight is 255 g/mol. The van der Waals surface area contributed by atoms with E-state index in [1.807, 2.05) is 12.1 Å². The largest absolute Gasteiger partial charge is 0.197 e. The van der Waals surface area contributed by atoms with Crippen LogP contribution in [0.2, 0.25) is 0 Å². The van der Waals surface area contributed by atoms with Gasteiger partial charge in [0.2, 0.25) is 0 Å². The van der Waals surface area contributed by atoms with Gasteiger partial charge in [-0.25, -0.2) is 0 Å². The van der Waals surface area contributed by atoms with Crippen LogP contribution < -0.4 is 0 Å². The van der Waals surface area contributed by atoms with Gasteiger partial charge >= 0.3 is 0 Å². The molecule has 1 heterocycles. The molecule has 0 bridgehead atoms. The fourth-order valence-corrected chi connectivity index (χ4v) is 2.03. The molecule has 18 heavy (non-hydrogen) atoms. The normalized spacial score (nSPS) is 10.1. The van der Waals surface area contributed by atoms with E-state index in [2.05, 4.69) is 48.3 Å². The molecule has 0 saturated carbocycles. The lowest BCUT2D eigenvalue weighted by molar-refractivity contribution is 0.936. The van der Waals surface area contributed by atoms with E-state index in [1.165, 1.54) is 22.9 Å². The van der Waals surface area contributed by atoms with E-state index in [-0.39, 0.29) is 0 Å². The summed E-state index contributed by atoms with van der Waals surface area (Å²) in [6, 6.07) is 12.2. The molecule has 0 spiro atoms. The number of aromatic nitrogens is 2. The van der Waals surface area contributed by atoms with Crippen molar-refractivity contribution in [3.05, 3.63) is 41.5 Å². The van der Waals surface area contributed by atoms with Crippen molar-refractivity contribution in [1.82, 2.24) is 10.2 Å². The minimum absolute atomic E-state index is 0.400. The molecule has 0 radical (unpaired) electrons. The van der Waals surface area contributed by atoms with E-state index < -0.39 is 0 Å². The third kappa shape index (κ3) is 2.88. The summed E-state index contributed by atoms with van der Waals surface area (Å²) in [6.45, 7) is 4.18. The maximum Gasteiger partial charge on any atom is 0.120 e. The molecule has 2 rings (SSSR count). The number of nitrogens with zero attached hydrogens (tertiary/aromatic N) is 3. The summed E-state index contributed by atoms with van der Waals surface area (Å²) in [4.78, 5) is 0. The second kappa shape index (κ2) is 5.65. The molecule has 0 unspecified atom stereocenters. The minimum atomic E-state index is 0.400. The Bertz CT molecular complexity index is 585. The van der Waals surface area contributed by atoms with Crippen molar-refractivity contribution in [1.29, 1.82) is 5.26 Å². The van der Waals surface area contributed by atoms with Crippen LogP contribution in [0.1, 0.15) is 11.1 Å². The predicted molar refractivity (Wildman–Crippen MR) is 73.3 cm³/mol. The van der Waals surface area contributed by atoms with Gasteiger partial charge in [0.05, 0.1) is 17.5 Å². The first-order valence-corrected chi connectivity index (χ1v) is 6.60. The lowest BCUT2D eigenvalue weighted by Crippen LogP contribution is -1.91. The number of aryl methyl sites for hydroxylation is 2. The Morgan fingerprint density at radius 1 is 1.11 bits per heavy atom. The first-order valence-electron chi connectivity index (χ1n) is 5.62. The highest BCUT2D eigenvalue weighted by Crippen LogP contribution is 2.21. The van der Waals surface area contributed by atoms with Crippen LogP contribution >= 0.6 is 11.8 Å². The molecule has 0 aliphatic rings. The van der Waals surface area contributed by atoms with Crippen LogP contribution in [0.25, 0.3) is 11.3 Å². The number of hydrogen-bond donors (Lipinski definition) is 0. The Morgan fingerprint density at radius 3 is 2.56 bits per heavy atom. The Balaban J connectivity index is 2.23. The molecule has 0 aliphatic carbocycles. The third-order valence-corrected chi connectivity index (χ3v) is 3.51. The third-order valence-electron chi connectivity index (χ3n) is 2.73. The summed E-state index contributed by atoms with van der Waals surface area (Å²) >= 11 is 1.40. The van der Waals surface area contributed by atoms with Crippen LogP contribution in [0.15, 0.2) is 35.4 Å². The molecule has 0 fully saturated rings. The summed E-state index contributed by atoms with van der Waals surface area (Å²) in [5.74, 6) is 0.400. The fourth-order valence-electron chi connectivity index (χ4n) is 1.56. The zero-order chi connectivity index (χ0) is 13.0. The van der Waals surface area contributed by atoms with Gasteiger partial charge in [-0.2, -0.15) is 5.26 Å². The number of nitriles is 1. The summed E-state index contributed by atoms with van der Waals surface area (Å²) in [5.41, 5.74) is 4.45. The van der Waals surface area contributed by atoms with E-state index in [0.29, 0.717) is 5.75 Å². The zero-order valence-corrected chi connectivity index (χ0v) is 11.2. The Labute approximate surface area is 111 Å². The van der Waals surface area contributed by atoms with Crippen molar-refractivity contribution >= 4 is 11.8 Å². The van der Waals surface area contributed by atoms with Gasteiger partial charge in [0.25, 0.3) is 0 Å². The molecular weight excluding hydrogens is 242 g/mol. The summed E-state index contributed by atoms with van der Waals surface area (Å²) < 4.78 is 0. The Morgan fingerprint density at radius 2 is 1.94 bits per heavy atom. The van der Waals surface area contributed by atoms with Gasteiger partial charge < -0.3 is 0 Å². The van der Waals surface area contributed by atoms with Crippen molar-refractivity contribution < 1.29 is 0 Å². The van der Waals surface area contributed by atoms with E-state index in [0.717, 1.165) is 16.3 Å². The van der Waals surface area contributed by atoms with E-state index in [9.17, 15) is 0 Å². The van der Waals surface area contributed by atoms with Crippen molar-refractivity contribution in [2.75, 3.05) is 5.75 Å². The highest BCUT2D eigenvalue weighted by Gasteiger charge is 2.03. The molecule has 0 aliphatic heterocycles. The van der Waals surface area contributed by atoms with Gasteiger partial charge in [0, 0.05) is 5.56 Å². The fraction of sp³-hybridized carbons (Fsp3) is 0.214. The SMILES string of the molecule is Cc1ccc(-c2ccc(SCC#N)nn2)cc1C. The second-order valence-corrected chi connectivity index (χ2v) is 5.00. The topological polar surface area (TPSA) is 49.6 Å². The number of rotatable bonds is 3. The molecule has 4 heteroatoms. The number of hydrogen-bond acceptors (Lipinski definition) is 4. The van der Waals surface area contributed by atoms with Crippen LogP contribution in [0, 0.1) is 25.2 Å². The molecule has 0 saturated heterocycles. The first-order chi connectivity index (χ1) is 8.70. The monoisotopic (exact) mass is 255 g/mol. The van der Waals surface area contributed by atoms with Crippen LogP contribution in [0.4, 0.5) is 0 Å². The average Bonchev–Trinajstić information content (AvgIpc) is 2.40. The summed E-state index contributed by atoms with van der Waals surface area (Å²) in [6.07, 6.45) is 0. The van der Waals surface area contributed by atoms with Gasteiger partial charge in [-0.3, -0.25) is 0 Å². The van der Waals surface area contributed by atoms with Crippen LogP contribution in [-0.2, 0) is 0 Å². The van der Waals surface area contributed by atoms with Crippen molar-refractivity contribution in [2.24, 2.45) is 0 Å². The minimum Gasteiger partial charge on any atom is -0.197 e. The maximum atomic E-state index is 8.50. The van der Waals surface area contributed by atoms with Crippen LogP contribution in [-0.4, -0.2) is 16.0 Å². The van der Waals surface area contributed by atoms with E-state index in [1.54, 1.807) is 0 Å². The highest BCUT2D eigenvalue weighted by atomic mass is 32.2. The number of benzene rings is 1. The summed E-state index contributed by atoms with van der Waals surface area (Å²) in [7, 11) is 0. The molecule has 0 amide bonds. The van der Waals surface area contributed by atoms with E-state index >= 15 is 0 Å². The zero-order valence-electron chi connectivity index (χ0n) is 10.3. The molecule has 2 aromatic rings. The smallest absolute Gasteiger partial charge is 0.120 e. The van der Waals surface area contributed by atoms with Crippen LogP contribution in [0.3, 0.4) is 0 Å². The molecule has 3 nitrogen and oxygen atoms in total. The summed E-state index contributed by atoms with van der Waals surface area (Å²) in [5, 5.41) is 17.6. The molecule has 0 atom stereocenters. The quantitative estimate of drug-likeness (QED) is 0.789. The predicted octanol–water partition coefficient (Wildman–Crippen LogP) is 3.38. The van der Waals surface area contributed by atoms with Crippen molar-refractivity contribution in [3.8, 4) is 17.3 Å². The second-order valence-electron chi connectivity index (χ2n) is 4.00. The van der Waals surface area contributed by atoms with Crippen LogP contribution in [0.5, 0.6) is 0 Å². The molecule has 1 aromatic carbocycles. The van der Waals surface area contributed by atoms with Crippen molar-refractivity contribution in [3.63, 3.8) is 0 Å². The standard InChI is InChI=1S/C14H13N3S/c1-10-3-4-12(9-11(10)2)13-5-6-14(17-16-13)18-8-7-15/h3-6,9H,8H2,1-2H3. The first kappa shape index (κ1) is 12.6. The lowest BCUT2D eigenvalue weighted by Gasteiger charge is -2.04. The van der Waals surface area contributed by atoms with E-state index in [4.69, 9.17) is 5.26 Å². The highest BCUT2D eigenvalue weighted by molar-refractivity contribution is 7.99. The molecular formula is C14H13N3S. The molecule has 1 aromatic heterocycles. The maximum absolute atomic E-state index is 8.50. The van der Waals surface area contributed by atoms with Gasteiger partial charge in [-0.1, -0.05) is 23.9 Å². The molecule has 0 N–H and O–H groups in total. The van der Waals surface area contributed by atoms with Crippen molar-refractivity contribution in [2.45, 2.75) is 18.9 Å². The van der Waals surface area contributed by atoms with Gasteiger partial charge in [-0.05, 0) is 43.2 Å². The van der Waals surface area contributed by atoms with Gasteiger partial charge in [0.1, 0.15) is 5.03 Å². The Hall–Kier alpha value is -1.86. The lowest BCUT2D eigenvalue weighted by atomic mass is 10.0.